The van der Waals surface area contributed by atoms with Gasteiger partial charge >= 0.3 is 0 Å². The molecule has 3 aromatic rings. The summed E-state index contributed by atoms with van der Waals surface area (Å²) in [4.78, 5) is 20.8. The zero-order valence-corrected chi connectivity index (χ0v) is 16.0. The lowest BCUT2D eigenvalue weighted by molar-refractivity contribution is 0.102. The van der Waals surface area contributed by atoms with Crippen LogP contribution in [0.3, 0.4) is 0 Å². The fourth-order valence-corrected chi connectivity index (χ4v) is 2.60. The number of ether oxygens (including phenoxy) is 1. The SMILES string of the molecule is COc1ccc(C)cc1Nc1ncc(C(=O)Nc2ccc(C)c(Cl)c2)cn1. The first-order chi connectivity index (χ1) is 13.0. The minimum Gasteiger partial charge on any atom is -0.495 e. The molecule has 0 spiro atoms. The van der Waals surface area contributed by atoms with Crippen LogP contribution < -0.4 is 15.4 Å². The number of carbonyl (C=O) groups is 1. The first kappa shape index (κ1) is 18.7. The molecule has 7 heteroatoms. The summed E-state index contributed by atoms with van der Waals surface area (Å²) in [6.45, 7) is 3.88. The molecule has 2 N–H and O–H groups in total. The van der Waals surface area contributed by atoms with Gasteiger partial charge in [-0.3, -0.25) is 4.79 Å². The van der Waals surface area contributed by atoms with E-state index < -0.39 is 0 Å². The number of carbonyl (C=O) groups excluding carboxylic acids is 1. The highest BCUT2D eigenvalue weighted by atomic mass is 35.5. The van der Waals surface area contributed by atoms with Crippen molar-refractivity contribution in [2.45, 2.75) is 13.8 Å². The second kappa shape index (κ2) is 8.05. The minimum absolute atomic E-state index is 0.311. The maximum absolute atomic E-state index is 12.4. The third-order valence-electron chi connectivity index (χ3n) is 3.95. The molecule has 1 heterocycles. The second-order valence-corrected chi connectivity index (χ2v) is 6.45. The van der Waals surface area contributed by atoms with Gasteiger partial charge in [0, 0.05) is 23.1 Å². The van der Waals surface area contributed by atoms with Gasteiger partial charge in [-0.1, -0.05) is 23.7 Å². The van der Waals surface area contributed by atoms with Crippen molar-refractivity contribution >= 4 is 34.8 Å². The third kappa shape index (κ3) is 4.54. The quantitative estimate of drug-likeness (QED) is 0.665. The third-order valence-corrected chi connectivity index (χ3v) is 4.35. The summed E-state index contributed by atoms with van der Waals surface area (Å²) in [5, 5.41) is 6.47. The molecule has 0 saturated carbocycles. The zero-order valence-electron chi connectivity index (χ0n) is 15.2. The van der Waals surface area contributed by atoms with Crippen molar-refractivity contribution in [2.75, 3.05) is 17.7 Å². The highest BCUT2D eigenvalue weighted by Crippen LogP contribution is 2.27. The molecular weight excluding hydrogens is 364 g/mol. The van der Waals surface area contributed by atoms with Crippen molar-refractivity contribution < 1.29 is 9.53 Å². The molecule has 0 atom stereocenters. The highest BCUT2D eigenvalue weighted by molar-refractivity contribution is 6.31. The fourth-order valence-electron chi connectivity index (χ4n) is 2.42. The van der Waals surface area contributed by atoms with Crippen LogP contribution in [0.5, 0.6) is 5.75 Å². The van der Waals surface area contributed by atoms with Crippen LogP contribution in [0.2, 0.25) is 5.02 Å². The molecule has 0 radical (unpaired) electrons. The van der Waals surface area contributed by atoms with E-state index in [9.17, 15) is 4.79 Å². The van der Waals surface area contributed by atoms with E-state index in [1.54, 1.807) is 19.2 Å². The minimum atomic E-state index is -0.311. The number of hydrogen-bond acceptors (Lipinski definition) is 5. The summed E-state index contributed by atoms with van der Waals surface area (Å²) in [5.41, 5.74) is 3.73. The van der Waals surface area contributed by atoms with Gasteiger partial charge < -0.3 is 15.4 Å². The summed E-state index contributed by atoms with van der Waals surface area (Å²) < 4.78 is 5.33. The van der Waals surface area contributed by atoms with E-state index in [0.717, 1.165) is 16.8 Å². The molecule has 1 aromatic heterocycles. The Labute approximate surface area is 162 Å². The number of benzene rings is 2. The molecule has 0 fully saturated rings. The topological polar surface area (TPSA) is 76.1 Å². The van der Waals surface area contributed by atoms with Gasteiger partial charge in [0.2, 0.25) is 5.95 Å². The van der Waals surface area contributed by atoms with Gasteiger partial charge in [0.25, 0.3) is 5.91 Å². The van der Waals surface area contributed by atoms with Crippen molar-refractivity contribution in [3.05, 3.63) is 70.5 Å². The van der Waals surface area contributed by atoms with Gasteiger partial charge in [0.15, 0.2) is 0 Å². The van der Waals surface area contributed by atoms with Crippen molar-refractivity contribution in [1.29, 1.82) is 0 Å². The molecule has 0 aliphatic rings. The fraction of sp³-hybridized carbons (Fsp3) is 0.150. The monoisotopic (exact) mass is 382 g/mol. The van der Waals surface area contributed by atoms with Crippen LogP contribution in [0, 0.1) is 13.8 Å². The molecule has 2 aromatic carbocycles. The number of aromatic nitrogens is 2. The first-order valence-corrected chi connectivity index (χ1v) is 8.65. The van der Waals surface area contributed by atoms with Crippen LogP contribution in [0.4, 0.5) is 17.3 Å². The number of anilines is 3. The number of nitrogens with zero attached hydrogens (tertiary/aromatic N) is 2. The van der Waals surface area contributed by atoms with Gasteiger partial charge in [0.1, 0.15) is 5.75 Å². The van der Waals surface area contributed by atoms with Crippen LogP contribution in [-0.2, 0) is 0 Å². The number of amides is 1. The molecule has 6 nitrogen and oxygen atoms in total. The normalized spacial score (nSPS) is 10.4. The van der Waals surface area contributed by atoms with Crippen LogP contribution in [-0.4, -0.2) is 23.0 Å². The Hall–Kier alpha value is -3.12. The molecule has 27 heavy (non-hydrogen) atoms. The van der Waals surface area contributed by atoms with E-state index in [-0.39, 0.29) is 5.91 Å². The molecule has 0 aliphatic heterocycles. The number of nitrogens with one attached hydrogen (secondary N) is 2. The van der Waals surface area contributed by atoms with E-state index in [0.29, 0.717) is 28.0 Å². The van der Waals surface area contributed by atoms with E-state index in [1.807, 2.05) is 38.1 Å². The number of hydrogen-bond donors (Lipinski definition) is 2. The number of rotatable bonds is 5. The number of aryl methyl sites for hydroxylation is 2. The Bertz CT molecular complexity index is 974. The Morgan fingerprint density at radius 1 is 1.07 bits per heavy atom. The Morgan fingerprint density at radius 2 is 1.81 bits per heavy atom. The summed E-state index contributed by atoms with van der Waals surface area (Å²) in [5.74, 6) is 0.741. The van der Waals surface area contributed by atoms with Crippen LogP contribution in [0.1, 0.15) is 21.5 Å². The highest BCUT2D eigenvalue weighted by Gasteiger charge is 2.10. The largest absolute Gasteiger partial charge is 0.495 e. The summed E-state index contributed by atoms with van der Waals surface area (Å²) in [6, 6.07) is 11.1. The lowest BCUT2D eigenvalue weighted by Crippen LogP contribution is -2.13. The average molecular weight is 383 g/mol. The maximum Gasteiger partial charge on any atom is 0.258 e. The molecular formula is C20H19ClN4O2. The van der Waals surface area contributed by atoms with E-state index >= 15 is 0 Å². The van der Waals surface area contributed by atoms with Crippen molar-refractivity contribution in [3.63, 3.8) is 0 Å². The van der Waals surface area contributed by atoms with Gasteiger partial charge in [-0.15, -0.1) is 0 Å². The van der Waals surface area contributed by atoms with E-state index in [2.05, 4.69) is 20.6 Å². The zero-order chi connectivity index (χ0) is 19.4. The molecule has 0 aliphatic carbocycles. The van der Waals surface area contributed by atoms with Crippen molar-refractivity contribution in [1.82, 2.24) is 9.97 Å². The lowest BCUT2D eigenvalue weighted by Gasteiger charge is -2.11. The molecule has 138 valence electrons. The van der Waals surface area contributed by atoms with Gasteiger partial charge in [0.05, 0.1) is 18.4 Å². The average Bonchev–Trinajstić information content (AvgIpc) is 2.65. The molecule has 1 amide bonds. The molecule has 3 rings (SSSR count). The first-order valence-electron chi connectivity index (χ1n) is 8.27. The Balaban J connectivity index is 1.72. The predicted octanol–water partition coefficient (Wildman–Crippen LogP) is 4.75. The smallest absolute Gasteiger partial charge is 0.258 e. The summed E-state index contributed by atoms with van der Waals surface area (Å²) in [6.07, 6.45) is 2.92. The van der Waals surface area contributed by atoms with Gasteiger partial charge in [-0.05, 0) is 49.2 Å². The molecule has 0 saturated heterocycles. The van der Waals surface area contributed by atoms with Crippen molar-refractivity contribution in [3.8, 4) is 5.75 Å². The van der Waals surface area contributed by atoms with Crippen LogP contribution in [0.15, 0.2) is 48.8 Å². The predicted molar refractivity (Wildman–Crippen MR) is 107 cm³/mol. The Morgan fingerprint density at radius 3 is 2.48 bits per heavy atom. The standard InChI is InChI=1S/C20H19ClN4O2/c1-12-4-7-18(27-3)17(8-12)25-20-22-10-14(11-23-20)19(26)24-15-6-5-13(2)16(21)9-15/h4-11H,1-3H3,(H,24,26)(H,22,23,25). The van der Waals surface area contributed by atoms with Gasteiger partial charge in [-0.25, -0.2) is 9.97 Å². The molecule has 0 bridgehead atoms. The Kier molecular flexibility index (Phi) is 5.57. The lowest BCUT2D eigenvalue weighted by atomic mass is 10.2. The van der Waals surface area contributed by atoms with Crippen LogP contribution >= 0.6 is 11.6 Å². The summed E-state index contributed by atoms with van der Waals surface area (Å²) in [7, 11) is 1.60. The second-order valence-electron chi connectivity index (χ2n) is 6.04. The summed E-state index contributed by atoms with van der Waals surface area (Å²) >= 11 is 6.08. The maximum atomic E-state index is 12.4. The van der Waals surface area contributed by atoms with E-state index in [4.69, 9.17) is 16.3 Å². The van der Waals surface area contributed by atoms with Gasteiger partial charge in [-0.2, -0.15) is 0 Å². The van der Waals surface area contributed by atoms with Crippen LogP contribution in [0.25, 0.3) is 0 Å². The van der Waals surface area contributed by atoms with E-state index in [1.165, 1.54) is 12.4 Å². The number of halogens is 1. The van der Waals surface area contributed by atoms with Crippen molar-refractivity contribution in [2.24, 2.45) is 0 Å². The molecule has 0 unspecified atom stereocenters. The number of methoxy groups -OCH3 is 1.